The first-order valence-electron chi connectivity index (χ1n) is 6.30. The van der Waals surface area contributed by atoms with Crippen LogP contribution in [0.2, 0.25) is 0 Å². The summed E-state index contributed by atoms with van der Waals surface area (Å²) in [6, 6.07) is 4.25. The van der Waals surface area contributed by atoms with Crippen molar-refractivity contribution in [3.63, 3.8) is 0 Å². The van der Waals surface area contributed by atoms with Gasteiger partial charge in [-0.05, 0) is 25.2 Å². The van der Waals surface area contributed by atoms with Crippen molar-refractivity contribution in [1.82, 2.24) is 14.9 Å². The third-order valence-corrected chi connectivity index (χ3v) is 4.14. The summed E-state index contributed by atoms with van der Waals surface area (Å²) in [5, 5.41) is 5.72. The first-order chi connectivity index (χ1) is 9.77. The van der Waals surface area contributed by atoms with Gasteiger partial charge in [0.1, 0.15) is 0 Å². The number of nitrogens with two attached hydrogens (primary N) is 1. The molecule has 21 heavy (non-hydrogen) atoms. The first-order valence-corrected chi connectivity index (χ1v) is 7.78. The Kier molecular flexibility index (Phi) is 5.79. The molecule has 0 aromatic heterocycles. The molecule has 0 radical (unpaired) electrons. The summed E-state index contributed by atoms with van der Waals surface area (Å²) in [7, 11) is 1.14. The van der Waals surface area contributed by atoms with Gasteiger partial charge in [-0.1, -0.05) is 0 Å². The van der Waals surface area contributed by atoms with Gasteiger partial charge in [0.15, 0.2) is 0 Å². The molecular formula is C12H21N5O3S. The maximum Gasteiger partial charge on any atom is 0.316 e. The number of carbonyl (C=O) groups excluding carboxylic acids is 1. The first kappa shape index (κ1) is 17.1. The molecule has 0 aliphatic rings. The minimum absolute atomic E-state index is 0.106. The summed E-state index contributed by atoms with van der Waals surface area (Å²) in [6.07, 6.45) is 0. The molecule has 0 saturated heterocycles. The highest BCUT2D eigenvalue weighted by atomic mass is 32.2. The lowest BCUT2D eigenvalue weighted by atomic mass is 10.2. The van der Waals surface area contributed by atoms with Crippen molar-refractivity contribution in [3.8, 4) is 0 Å². The van der Waals surface area contributed by atoms with E-state index in [0.717, 1.165) is 0 Å². The van der Waals surface area contributed by atoms with E-state index in [1.807, 2.05) is 0 Å². The lowest BCUT2D eigenvalue weighted by Crippen LogP contribution is -2.37. The Morgan fingerprint density at radius 1 is 1.29 bits per heavy atom. The fraction of sp³-hybridized carbons (Fsp3) is 0.417. The molecule has 0 bridgehead atoms. The molecule has 9 heteroatoms. The fourth-order valence-electron chi connectivity index (χ4n) is 1.51. The Morgan fingerprint density at radius 3 is 2.48 bits per heavy atom. The van der Waals surface area contributed by atoms with Gasteiger partial charge >= 0.3 is 6.03 Å². The number of hydrogen-bond acceptors (Lipinski definition) is 5. The maximum absolute atomic E-state index is 11.6. The summed E-state index contributed by atoms with van der Waals surface area (Å²) in [4.78, 5) is 12.8. The van der Waals surface area contributed by atoms with Gasteiger partial charge in [0, 0.05) is 27.2 Å². The smallest absolute Gasteiger partial charge is 0.316 e. The predicted octanol–water partition coefficient (Wildman–Crippen LogP) is -0.140. The average molecular weight is 315 g/mol. The van der Waals surface area contributed by atoms with Crippen LogP contribution in [-0.4, -0.2) is 53.6 Å². The number of anilines is 2. The van der Waals surface area contributed by atoms with Gasteiger partial charge in [0.25, 0.3) is 0 Å². The SMILES string of the molecule is CNS(=O)(=O)c1ccc(NCCNC(=O)N(C)C)c(N)c1. The number of hydrogen-bond donors (Lipinski definition) is 4. The molecule has 0 atom stereocenters. The number of nitrogen functional groups attached to an aromatic ring is 1. The fourth-order valence-corrected chi connectivity index (χ4v) is 2.28. The van der Waals surface area contributed by atoms with Crippen molar-refractivity contribution in [1.29, 1.82) is 0 Å². The molecular weight excluding hydrogens is 294 g/mol. The van der Waals surface area contributed by atoms with Gasteiger partial charge in [0.05, 0.1) is 16.3 Å². The van der Waals surface area contributed by atoms with E-state index in [0.29, 0.717) is 24.5 Å². The van der Waals surface area contributed by atoms with Crippen LogP contribution in [-0.2, 0) is 10.0 Å². The summed E-state index contributed by atoms with van der Waals surface area (Å²) in [6.45, 7) is 0.898. The molecule has 1 rings (SSSR count). The molecule has 1 aromatic rings. The van der Waals surface area contributed by atoms with Gasteiger partial charge < -0.3 is 21.3 Å². The van der Waals surface area contributed by atoms with E-state index in [9.17, 15) is 13.2 Å². The van der Waals surface area contributed by atoms with Gasteiger partial charge in [-0.3, -0.25) is 0 Å². The molecule has 0 aliphatic heterocycles. The third kappa shape index (κ3) is 4.80. The van der Waals surface area contributed by atoms with Crippen molar-refractivity contribution >= 4 is 27.4 Å². The Bertz CT molecular complexity index is 601. The van der Waals surface area contributed by atoms with Crippen LogP contribution in [0.1, 0.15) is 0 Å². The average Bonchev–Trinajstić information content (AvgIpc) is 2.44. The highest BCUT2D eigenvalue weighted by molar-refractivity contribution is 7.89. The van der Waals surface area contributed by atoms with Gasteiger partial charge in [0.2, 0.25) is 10.0 Å². The van der Waals surface area contributed by atoms with Crippen LogP contribution in [0.25, 0.3) is 0 Å². The van der Waals surface area contributed by atoms with Crippen LogP contribution in [0.15, 0.2) is 23.1 Å². The Labute approximate surface area is 124 Å². The van der Waals surface area contributed by atoms with Crippen LogP contribution in [0, 0.1) is 0 Å². The lowest BCUT2D eigenvalue weighted by molar-refractivity contribution is 0.218. The highest BCUT2D eigenvalue weighted by Crippen LogP contribution is 2.22. The van der Waals surface area contributed by atoms with E-state index in [-0.39, 0.29) is 10.9 Å². The number of urea groups is 1. The normalized spacial score (nSPS) is 11.0. The van der Waals surface area contributed by atoms with E-state index in [2.05, 4.69) is 15.4 Å². The van der Waals surface area contributed by atoms with Gasteiger partial charge in [-0.25, -0.2) is 17.9 Å². The zero-order valence-electron chi connectivity index (χ0n) is 12.3. The summed E-state index contributed by atoms with van der Waals surface area (Å²) in [5.41, 5.74) is 6.75. The molecule has 0 heterocycles. The Morgan fingerprint density at radius 2 is 1.95 bits per heavy atom. The summed E-state index contributed by atoms with van der Waals surface area (Å²) >= 11 is 0. The monoisotopic (exact) mass is 315 g/mol. The second-order valence-electron chi connectivity index (χ2n) is 4.51. The minimum atomic E-state index is -3.50. The standard InChI is InChI=1S/C12H21N5O3S/c1-14-21(19,20)9-4-5-11(10(13)8-9)15-6-7-16-12(18)17(2)3/h4-5,8,14-15H,6-7,13H2,1-3H3,(H,16,18). The van der Waals surface area contributed by atoms with Gasteiger partial charge in [-0.15, -0.1) is 0 Å². The maximum atomic E-state index is 11.6. The number of nitrogens with zero attached hydrogens (tertiary/aromatic N) is 1. The molecule has 0 spiro atoms. The molecule has 1 aromatic carbocycles. The Balaban J connectivity index is 2.60. The highest BCUT2D eigenvalue weighted by Gasteiger charge is 2.12. The van der Waals surface area contributed by atoms with E-state index in [1.165, 1.54) is 24.1 Å². The van der Waals surface area contributed by atoms with Crippen LogP contribution >= 0.6 is 0 Å². The quantitative estimate of drug-likeness (QED) is 0.431. The summed E-state index contributed by atoms with van der Waals surface area (Å²) < 4.78 is 25.5. The number of sulfonamides is 1. The molecule has 2 amide bonds. The van der Waals surface area contributed by atoms with Crippen LogP contribution in [0.5, 0.6) is 0 Å². The van der Waals surface area contributed by atoms with Crippen molar-refractivity contribution < 1.29 is 13.2 Å². The minimum Gasteiger partial charge on any atom is -0.397 e. The summed E-state index contributed by atoms with van der Waals surface area (Å²) in [5.74, 6) is 0. The van der Waals surface area contributed by atoms with Crippen molar-refractivity contribution in [3.05, 3.63) is 18.2 Å². The Hall–Kier alpha value is -2.00. The molecule has 0 saturated carbocycles. The van der Waals surface area contributed by atoms with E-state index in [4.69, 9.17) is 5.73 Å². The zero-order valence-corrected chi connectivity index (χ0v) is 13.1. The number of benzene rings is 1. The number of rotatable bonds is 6. The number of nitrogens with one attached hydrogen (secondary N) is 3. The second-order valence-corrected chi connectivity index (χ2v) is 6.40. The van der Waals surface area contributed by atoms with E-state index < -0.39 is 10.0 Å². The van der Waals surface area contributed by atoms with Crippen LogP contribution in [0.3, 0.4) is 0 Å². The van der Waals surface area contributed by atoms with Crippen LogP contribution < -0.4 is 21.1 Å². The van der Waals surface area contributed by atoms with Crippen molar-refractivity contribution in [2.24, 2.45) is 0 Å². The topological polar surface area (TPSA) is 117 Å². The molecule has 0 fully saturated rings. The molecule has 5 N–H and O–H groups in total. The number of carbonyl (C=O) groups is 1. The molecule has 0 aliphatic carbocycles. The van der Waals surface area contributed by atoms with Crippen molar-refractivity contribution in [2.75, 3.05) is 45.3 Å². The number of amides is 2. The van der Waals surface area contributed by atoms with Gasteiger partial charge in [-0.2, -0.15) is 0 Å². The van der Waals surface area contributed by atoms with E-state index >= 15 is 0 Å². The predicted molar refractivity (Wildman–Crippen MR) is 82.7 cm³/mol. The molecule has 118 valence electrons. The van der Waals surface area contributed by atoms with Crippen molar-refractivity contribution in [2.45, 2.75) is 4.90 Å². The lowest BCUT2D eigenvalue weighted by Gasteiger charge is -2.14. The molecule has 0 unspecified atom stereocenters. The largest absolute Gasteiger partial charge is 0.397 e. The zero-order chi connectivity index (χ0) is 16.0. The third-order valence-electron chi connectivity index (χ3n) is 2.72. The van der Waals surface area contributed by atoms with E-state index in [1.54, 1.807) is 20.2 Å². The second kappa shape index (κ2) is 7.14. The molecule has 8 nitrogen and oxygen atoms in total. The van der Waals surface area contributed by atoms with Crippen LogP contribution in [0.4, 0.5) is 16.2 Å².